The number of carboxylic acids is 1. The monoisotopic (exact) mass is 677 g/mol. The fraction of sp³-hybridized carbons (Fsp3) is 0.714. The van der Waals surface area contributed by atoms with E-state index in [2.05, 4.69) is 0 Å². The topological polar surface area (TPSA) is 144 Å². The Balaban J connectivity index is 1.85. The van der Waals surface area contributed by atoms with Crippen LogP contribution in [0.1, 0.15) is 78.1 Å². The van der Waals surface area contributed by atoms with Crippen LogP contribution in [0.3, 0.4) is 0 Å². The van der Waals surface area contributed by atoms with Gasteiger partial charge in [0.2, 0.25) is 0 Å². The fourth-order valence-corrected chi connectivity index (χ4v) is 5.48. The summed E-state index contributed by atoms with van der Waals surface area (Å²) in [4.78, 5) is 57.3. The predicted molar refractivity (Wildman–Crippen MR) is 178 cm³/mol. The van der Waals surface area contributed by atoms with Gasteiger partial charge in [0.05, 0.1) is 19.1 Å². The number of nitrogens with zero attached hydrogens (tertiary/aromatic N) is 3. The molecule has 3 amide bonds. The molecular formula is C35H55N3O10. The Morgan fingerprint density at radius 1 is 0.958 bits per heavy atom. The van der Waals surface area contributed by atoms with Gasteiger partial charge in [0, 0.05) is 75.8 Å². The van der Waals surface area contributed by atoms with Crippen LogP contribution < -0.4 is 9.47 Å². The summed E-state index contributed by atoms with van der Waals surface area (Å²) in [6, 6.07) is 4.91. The third-order valence-electron chi connectivity index (χ3n) is 8.49. The largest absolute Gasteiger partial charge is 0.493 e. The summed E-state index contributed by atoms with van der Waals surface area (Å²) in [6.07, 6.45) is 1.28. The van der Waals surface area contributed by atoms with Gasteiger partial charge in [-0.2, -0.15) is 0 Å². The average molecular weight is 678 g/mol. The van der Waals surface area contributed by atoms with E-state index in [1.165, 1.54) is 13.8 Å². The van der Waals surface area contributed by atoms with Gasteiger partial charge in [-0.3, -0.25) is 9.59 Å². The number of hydrogen-bond donors (Lipinski definition) is 1. The maximum atomic E-state index is 14.1. The molecule has 270 valence electrons. The Morgan fingerprint density at radius 2 is 1.60 bits per heavy atom. The molecule has 2 fully saturated rings. The molecule has 1 heterocycles. The number of likely N-dealkylation sites (tertiary alicyclic amines) is 1. The molecule has 13 heteroatoms. The highest BCUT2D eigenvalue weighted by molar-refractivity contribution is 5.95. The van der Waals surface area contributed by atoms with Crippen molar-refractivity contribution < 1.29 is 48.0 Å². The van der Waals surface area contributed by atoms with Crippen molar-refractivity contribution in [3.63, 3.8) is 0 Å². The second-order valence-corrected chi connectivity index (χ2v) is 14.6. The van der Waals surface area contributed by atoms with E-state index in [0.717, 1.165) is 12.8 Å². The van der Waals surface area contributed by atoms with E-state index in [4.69, 9.17) is 23.7 Å². The summed E-state index contributed by atoms with van der Waals surface area (Å²) >= 11 is 0. The van der Waals surface area contributed by atoms with Gasteiger partial charge < -0.3 is 43.5 Å². The first-order chi connectivity index (χ1) is 22.5. The van der Waals surface area contributed by atoms with Gasteiger partial charge in [-0.05, 0) is 79.5 Å². The summed E-state index contributed by atoms with van der Waals surface area (Å²) < 4.78 is 27.7. The standard InChI is InChI=1S/C35H55N3O10/c1-23(2)37(30(39)24-11-14-28(45-9)29(17-24)46-16-10-15-44-8)20-25-18-36(32(42)48-34(3,4)5)19-26(25)21-38(27-12-13-27)33(43)47-22-35(6,7)31(40)41/h11,14,17,23,25-27H,10,12-13,15-16,18-22H2,1-9H3,(H,40,41)/t25-,26+/m1/s1. The Hall–Kier alpha value is -3.74. The van der Waals surface area contributed by atoms with Crippen molar-refractivity contribution in [3.8, 4) is 11.5 Å². The molecule has 1 N–H and O–H groups in total. The molecule has 0 radical (unpaired) electrons. The Labute approximate surface area is 284 Å². The van der Waals surface area contributed by atoms with E-state index < -0.39 is 29.2 Å². The molecule has 0 spiro atoms. The van der Waals surface area contributed by atoms with Gasteiger partial charge in [-0.1, -0.05) is 0 Å². The third-order valence-corrected chi connectivity index (χ3v) is 8.49. The highest BCUT2D eigenvalue weighted by Crippen LogP contribution is 2.34. The fourth-order valence-electron chi connectivity index (χ4n) is 5.48. The van der Waals surface area contributed by atoms with Gasteiger partial charge in [-0.15, -0.1) is 0 Å². The second kappa shape index (κ2) is 16.6. The Morgan fingerprint density at radius 3 is 2.15 bits per heavy atom. The number of ether oxygens (including phenoxy) is 5. The van der Waals surface area contributed by atoms with Gasteiger partial charge in [0.25, 0.3) is 5.91 Å². The van der Waals surface area contributed by atoms with E-state index >= 15 is 0 Å². The molecule has 1 saturated carbocycles. The van der Waals surface area contributed by atoms with Crippen LogP contribution in [0.4, 0.5) is 9.59 Å². The van der Waals surface area contributed by atoms with Crippen LogP contribution in [0.5, 0.6) is 11.5 Å². The molecule has 1 aliphatic carbocycles. The lowest BCUT2D eigenvalue weighted by molar-refractivity contribution is -0.149. The molecule has 1 aliphatic heterocycles. The molecule has 2 atom stereocenters. The van der Waals surface area contributed by atoms with Gasteiger partial charge in [-0.25, -0.2) is 9.59 Å². The molecule has 1 aromatic rings. The molecular weight excluding hydrogens is 622 g/mol. The molecule has 0 aromatic heterocycles. The van der Waals surface area contributed by atoms with Crippen LogP contribution >= 0.6 is 0 Å². The van der Waals surface area contributed by atoms with E-state index in [1.54, 1.807) is 47.1 Å². The molecule has 3 rings (SSSR count). The van der Waals surface area contributed by atoms with Crippen molar-refractivity contribution in [2.45, 2.75) is 85.4 Å². The van der Waals surface area contributed by atoms with Crippen LogP contribution in [0.2, 0.25) is 0 Å². The van der Waals surface area contributed by atoms with Crippen molar-refractivity contribution >= 4 is 24.1 Å². The average Bonchev–Trinajstić information content (AvgIpc) is 3.77. The number of carbonyl (C=O) groups is 4. The maximum absolute atomic E-state index is 14.1. The normalized spacial score (nSPS) is 18.0. The highest BCUT2D eigenvalue weighted by atomic mass is 16.6. The first-order valence-corrected chi connectivity index (χ1v) is 16.7. The number of methoxy groups -OCH3 is 2. The van der Waals surface area contributed by atoms with E-state index in [0.29, 0.717) is 62.9 Å². The highest BCUT2D eigenvalue weighted by Gasteiger charge is 2.44. The lowest BCUT2D eigenvalue weighted by Gasteiger charge is -2.33. The molecule has 13 nitrogen and oxygen atoms in total. The minimum atomic E-state index is -1.23. The van der Waals surface area contributed by atoms with Crippen molar-refractivity contribution in [2.75, 3.05) is 60.2 Å². The minimum absolute atomic E-state index is 0.0221. The summed E-state index contributed by atoms with van der Waals surface area (Å²) in [7, 11) is 3.17. The second-order valence-electron chi connectivity index (χ2n) is 14.6. The number of amides is 3. The zero-order valence-electron chi connectivity index (χ0n) is 30.1. The molecule has 1 saturated heterocycles. The van der Waals surface area contributed by atoms with E-state index in [9.17, 15) is 24.3 Å². The van der Waals surface area contributed by atoms with Crippen LogP contribution in [0.15, 0.2) is 18.2 Å². The van der Waals surface area contributed by atoms with Crippen LogP contribution in [0, 0.1) is 17.3 Å². The summed E-state index contributed by atoms with van der Waals surface area (Å²) in [5.74, 6) is -0.653. The first kappa shape index (κ1) is 38.7. The number of carboxylic acid groups (broad SMARTS) is 1. The lowest BCUT2D eigenvalue weighted by Crippen LogP contribution is -2.45. The quantitative estimate of drug-likeness (QED) is 0.233. The van der Waals surface area contributed by atoms with Crippen molar-refractivity contribution in [1.29, 1.82) is 0 Å². The number of hydrogen-bond acceptors (Lipinski definition) is 9. The Kier molecular flexibility index (Phi) is 13.4. The summed E-state index contributed by atoms with van der Waals surface area (Å²) in [5.41, 5.74) is -1.49. The number of benzene rings is 1. The SMILES string of the molecule is COCCCOc1cc(C(=O)N(C[C@H]2CN(C(=O)OC(C)(C)C)C[C@H]2CN(C(=O)OCC(C)(C)C(=O)O)C2CC2)C(C)C)ccc1OC. The van der Waals surface area contributed by atoms with Gasteiger partial charge >= 0.3 is 18.2 Å². The van der Waals surface area contributed by atoms with Crippen molar-refractivity contribution in [3.05, 3.63) is 23.8 Å². The minimum Gasteiger partial charge on any atom is -0.493 e. The maximum Gasteiger partial charge on any atom is 0.410 e. The van der Waals surface area contributed by atoms with Crippen molar-refractivity contribution in [2.24, 2.45) is 17.3 Å². The van der Waals surface area contributed by atoms with Gasteiger partial charge in [0.15, 0.2) is 11.5 Å². The Bertz CT molecular complexity index is 1270. The summed E-state index contributed by atoms with van der Waals surface area (Å²) in [5, 5.41) is 9.49. The molecule has 1 aromatic carbocycles. The first-order valence-electron chi connectivity index (χ1n) is 16.7. The smallest absolute Gasteiger partial charge is 0.410 e. The zero-order chi connectivity index (χ0) is 35.8. The van der Waals surface area contributed by atoms with Crippen LogP contribution in [-0.4, -0.2) is 122 Å². The van der Waals surface area contributed by atoms with E-state index in [-0.39, 0.29) is 36.4 Å². The number of rotatable bonds is 16. The molecule has 0 bridgehead atoms. The predicted octanol–water partition coefficient (Wildman–Crippen LogP) is 5.16. The van der Waals surface area contributed by atoms with Crippen LogP contribution in [0.25, 0.3) is 0 Å². The van der Waals surface area contributed by atoms with Crippen LogP contribution in [-0.2, 0) is 19.0 Å². The summed E-state index contributed by atoms with van der Waals surface area (Å²) in [6.45, 7) is 14.3. The lowest BCUT2D eigenvalue weighted by atomic mass is 9.94. The number of carbonyl (C=O) groups excluding carboxylic acids is 3. The van der Waals surface area contributed by atoms with E-state index in [1.807, 2.05) is 34.6 Å². The van der Waals surface area contributed by atoms with Crippen molar-refractivity contribution in [1.82, 2.24) is 14.7 Å². The zero-order valence-corrected chi connectivity index (χ0v) is 30.1. The molecule has 0 unspecified atom stereocenters. The third kappa shape index (κ3) is 10.9. The number of aliphatic carboxylic acids is 1. The molecule has 2 aliphatic rings. The molecule has 48 heavy (non-hydrogen) atoms. The van der Waals surface area contributed by atoms with Gasteiger partial charge in [0.1, 0.15) is 12.2 Å².